The van der Waals surface area contributed by atoms with Crippen LogP contribution < -0.4 is 14.7 Å². The fourth-order valence-corrected chi connectivity index (χ4v) is 9.13. The van der Waals surface area contributed by atoms with Gasteiger partial charge in [-0.05, 0) is 121 Å². The zero-order valence-corrected chi connectivity index (χ0v) is 39.9. The van der Waals surface area contributed by atoms with Gasteiger partial charge >= 0.3 is 0 Å². The van der Waals surface area contributed by atoms with Gasteiger partial charge in [0.2, 0.25) is 5.82 Å². The third-order valence-electron chi connectivity index (χ3n) is 13.1. The summed E-state index contributed by atoms with van der Waals surface area (Å²) in [4.78, 5) is 16.8. The monoisotopic (exact) mass is 1010 g/mol. The van der Waals surface area contributed by atoms with Crippen molar-refractivity contribution in [3.8, 4) is 0 Å². The van der Waals surface area contributed by atoms with Crippen LogP contribution in [0.1, 0.15) is 0 Å². The molecule has 0 fully saturated rings. The van der Waals surface area contributed by atoms with Crippen LogP contribution in [0.25, 0.3) is 64.6 Å². The molecule has 12 rings (SSSR count). The van der Waals surface area contributed by atoms with Gasteiger partial charge in [0.25, 0.3) is 0 Å². The van der Waals surface area contributed by atoms with E-state index in [1.54, 1.807) is 68.4 Å². The average molecular weight is 1010 g/mol. The van der Waals surface area contributed by atoms with E-state index in [-0.39, 0.29) is 17.2 Å². The van der Waals surface area contributed by atoms with E-state index >= 15 is 0 Å². The molecule has 3 heterocycles. The van der Waals surface area contributed by atoms with Gasteiger partial charge in [-0.25, -0.2) is 39.5 Å². The second-order valence-corrected chi connectivity index (χ2v) is 17.5. The lowest BCUT2D eigenvalue weighted by Gasteiger charge is -2.22. The topological polar surface area (TPSA) is 48.4 Å². The maximum absolute atomic E-state index is 14.1. The molecule has 0 aliphatic rings. The number of anilines is 6. The number of benzene rings is 9. The third-order valence-corrected chi connectivity index (χ3v) is 13.1. The Bertz CT molecular complexity index is 4120. The first-order chi connectivity index (χ1) is 36.2. The summed E-state index contributed by atoms with van der Waals surface area (Å²) in [7, 11) is 4.73. The quantitative estimate of drug-likeness (QED) is 0.0716. The number of aromatic nitrogens is 3. The van der Waals surface area contributed by atoms with Gasteiger partial charge in [-0.2, -0.15) is 0 Å². The largest absolute Gasteiger partial charge is 0.345 e. The average Bonchev–Trinajstić information content (AvgIpc) is 3.43. The Labute approximate surface area is 422 Å². The molecule has 9 aromatic carbocycles. The van der Waals surface area contributed by atoms with Crippen LogP contribution in [0, 0.1) is 52.4 Å². The van der Waals surface area contributed by atoms with Crippen molar-refractivity contribution in [2.45, 2.75) is 0 Å². The van der Waals surface area contributed by atoms with E-state index < -0.39 is 52.2 Å². The molecule has 0 N–H and O–H groups in total. The molecule has 0 aliphatic carbocycles. The summed E-state index contributed by atoms with van der Waals surface area (Å²) in [6.45, 7) is 0. The Kier molecular flexibility index (Phi) is 13.4. The van der Waals surface area contributed by atoms with E-state index in [1.807, 2.05) is 78.8 Å². The molecule has 0 unspecified atom stereocenters. The molecule has 15 heteroatoms. The van der Waals surface area contributed by atoms with Crippen LogP contribution in [0.3, 0.4) is 0 Å². The second-order valence-electron chi connectivity index (χ2n) is 17.5. The zero-order chi connectivity index (χ0) is 52.7. The van der Waals surface area contributed by atoms with Crippen molar-refractivity contribution < 1.29 is 39.5 Å². The molecule has 6 nitrogen and oxygen atoms in total. The van der Waals surface area contributed by atoms with Crippen LogP contribution in [0.2, 0.25) is 0 Å². The number of halogens is 9. The van der Waals surface area contributed by atoms with Crippen LogP contribution in [-0.2, 0) is 0 Å². The Balaban J connectivity index is 0.000000129. The number of pyridine rings is 3. The van der Waals surface area contributed by atoms with Gasteiger partial charge in [-0.15, -0.1) is 0 Å². The van der Waals surface area contributed by atoms with Crippen molar-refractivity contribution in [1.29, 1.82) is 0 Å². The van der Waals surface area contributed by atoms with E-state index in [1.165, 1.54) is 34.9 Å². The van der Waals surface area contributed by atoms with Gasteiger partial charge in [-0.3, -0.25) is 15.0 Å². The lowest BCUT2D eigenvalue weighted by Crippen LogP contribution is -2.16. The van der Waals surface area contributed by atoms with Gasteiger partial charge in [-0.1, -0.05) is 60.7 Å². The Hall–Kier alpha value is -9.24. The standard InChI is InChI=1S/C20H11F5N2.C20H13F3N2.C20H15FN2/c1-27(20-18(24)16(22)15(21)17(23)19(20)25)12-4-5-13-11(8-12)3-2-10-6-7-26-9-14(10)13;1-25(20-18(22)9-14(21)10-19(20)23)15-4-5-16-13(8-15)3-2-12-6-7-24-11-17(12)16;1-23(17-4-2-3-16(21)12-17)18-7-8-19-15(11-18)6-5-14-9-10-22-13-20(14)19/h2-9H,1H3;2-11H,1H3;2-13H,1H3. The first-order valence-corrected chi connectivity index (χ1v) is 23.1. The third kappa shape index (κ3) is 9.51. The van der Waals surface area contributed by atoms with Crippen LogP contribution in [0.5, 0.6) is 0 Å². The zero-order valence-electron chi connectivity index (χ0n) is 39.9. The number of nitrogens with zero attached hydrogens (tertiary/aromatic N) is 6. The van der Waals surface area contributed by atoms with E-state index in [9.17, 15) is 39.5 Å². The molecular formula is C60H39F9N6. The summed E-state index contributed by atoms with van der Waals surface area (Å²) < 4.78 is 123. The molecule has 12 aromatic rings. The highest BCUT2D eigenvalue weighted by atomic mass is 19.2. The van der Waals surface area contributed by atoms with E-state index in [0.29, 0.717) is 17.8 Å². The normalized spacial score (nSPS) is 11.2. The molecule has 372 valence electrons. The van der Waals surface area contributed by atoms with Crippen LogP contribution >= 0.6 is 0 Å². The van der Waals surface area contributed by atoms with Gasteiger partial charge in [0, 0.05) is 109 Å². The predicted octanol–water partition coefficient (Wildman–Crippen LogP) is 16.7. The lowest BCUT2D eigenvalue weighted by molar-refractivity contribution is 0.380. The molecule has 75 heavy (non-hydrogen) atoms. The number of hydrogen-bond acceptors (Lipinski definition) is 6. The molecule has 0 spiro atoms. The summed E-state index contributed by atoms with van der Waals surface area (Å²) in [5.74, 6) is -12.9. The van der Waals surface area contributed by atoms with E-state index in [0.717, 1.165) is 70.1 Å². The molecule has 0 amide bonds. The fourth-order valence-electron chi connectivity index (χ4n) is 9.13. The van der Waals surface area contributed by atoms with Crippen molar-refractivity contribution in [3.05, 3.63) is 235 Å². The second kappa shape index (κ2) is 20.3. The number of rotatable bonds is 6. The van der Waals surface area contributed by atoms with Crippen molar-refractivity contribution in [2.24, 2.45) is 0 Å². The maximum atomic E-state index is 14.1. The lowest BCUT2D eigenvalue weighted by atomic mass is 10.0. The fraction of sp³-hybridized carbons (Fsp3) is 0.0500. The van der Waals surface area contributed by atoms with Gasteiger partial charge < -0.3 is 14.7 Å². The Morgan fingerprint density at radius 1 is 0.293 bits per heavy atom. The number of fused-ring (bicyclic) bond motifs is 9. The van der Waals surface area contributed by atoms with Crippen molar-refractivity contribution in [1.82, 2.24) is 15.0 Å². The summed E-state index contributed by atoms with van der Waals surface area (Å²) in [6.07, 6.45) is 10.6. The Morgan fingerprint density at radius 3 is 1.07 bits per heavy atom. The first-order valence-electron chi connectivity index (χ1n) is 23.1. The molecule has 0 radical (unpaired) electrons. The van der Waals surface area contributed by atoms with Crippen LogP contribution in [-0.4, -0.2) is 36.1 Å². The molecule has 0 atom stereocenters. The number of hydrogen-bond donors (Lipinski definition) is 0. The molecule has 3 aromatic heterocycles. The summed E-state index contributed by atoms with van der Waals surface area (Å²) in [6, 6.07) is 42.2. The highest BCUT2D eigenvalue weighted by Crippen LogP contribution is 2.38. The van der Waals surface area contributed by atoms with Gasteiger partial charge in [0.05, 0.1) is 0 Å². The molecule has 0 aliphatic heterocycles. The smallest absolute Gasteiger partial charge is 0.200 e. The summed E-state index contributed by atoms with van der Waals surface area (Å²) in [5.41, 5.74) is 1.42. The predicted molar refractivity (Wildman–Crippen MR) is 281 cm³/mol. The van der Waals surface area contributed by atoms with Gasteiger partial charge in [0.15, 0.2) is 34.9 Å². The minimum atomic E-state index is -2.18. The van der Waals surface area contributed by atoms with E-state index in [2.05, 4.69) is 45.3 Å². The summed E-state index contributed by atoms with van der Waals surface area (Å²) in [5, 5.41) is 12.1. The minimum Gasteiger partial charge on any atom is -0.345 e. The van der Waals surface area contributed by atoms with Gasteiger partial charge in [0.1, 0.15) is 23.0 Å². The Morgan fingerprint density at radius 2 is 0.653 bits per heavy atom. The van der Waals surface area contributed by atoms with Crippen LogP contribution in [0.15, 0.2) is 183 Å². The minimum absolute atomic E-state index is 0.229. The highest BCUT2D eigenvalue weighted by molar-refractivity contribution is 6.10. The maximum Gasteiger partial charge on any atom is 0.200 e. The molecule has 0 saturated carbocycles. The first kappa shape index (κ1) is 49.3. The van der Waals surface area contributed by atoms with Crippen LogP contribution in [0.4, 0.5) is 73.6 Å². The highest BCUT2D eigenvalue weighted by Gasteiger charge is 2.28. The molecule has 0 bridgehead atoms. The molecule has 0 saturated heterocycles. The molecular weight excluding hydrogens is 976 g/mol. The van der Waals surface area contributed by atoms with Crippen molar-refractivity contribution in [2.75, 3.05) is 35.8 Å². The van der Waals surface area contributed by atoms with Crippen molar-refractivity contribution in [3.63, 3.8) is 0 Å². The van der Waals surface area contributed by atoms with Crippen molar-refractivity contribution >= 4 is 98.8 Å². The SMILES string of the molecule is CN(c1ccc2c(ccc3ccncc32)c1)c1c(F)c(F)c(F)c(F)c1F.CN(c1ccc2c(ccc3ccncc32)c1)c1c(F)cc(F)cc1F.CN(c1cccc(F)c1)c1ccc2c(ccc3ccncc32)c1. The van der Waals surface area contributed by atoms with E-state index in [4.69, 9.17) is 0 Å². The summed E-state index contributed by atoms with van der Waals surface area (Å²) >= 11 is 0.